The Bertz CT molecular complexity index is 1880. The van der Waals surface area contributed by atoms with Crippen LogP contribution in [0.25, 0.3) is 27.6 Å². The van der Waals surface area contributed by atoms with Gasteiger partial charge >= 0.3 is 0 Å². The lowest BCUT2D eigenvalue weighted by Gasteiger charge is -2.36. The third kappa shape index (κ3) is 5.96. The molecule has 1 saturated heterocycles. The van der Waals surface area contributed by atoms with Gasteiger partial charge in [-0.05, 0) is 99.7 Å². The van der Waals surface area contributed by atoms with Crippen LogP contribution in [0.4, 0.5) is 17.1 Å². The first kappa shape index (κ1) is 29.6. The minimum atomic E-state index is 0.804. The lowest BCUT2D eigenvalue weighted by atomic mass is 9.87. The number of hydrogen-bond acceptors (Lipinski definition) is 9. The smallest absolute Gasteiger partial charge is 0.158 e. The third-order valence-electron chi connectivity index (χ3n) is 8.76. The van der Waals surface area contributed by atoms with E-state index in [0.29, 0.717) is 0 Å². The summed E-state index contributed by atoms with van der Waals surface area (Å²) >= 11 is 0. The average Bonchev–Trinajstić information content (AvgIpc) is 3.50. The minimum absolute atomic E-state index is 0.804. The number of nitrogens with zero attached hydrogens (tertiary/aromatic N) is 6. The summed E-state index contributed by atoms with van der Waals surface area (Å²) in [5.41, 5.74) is 19.4. The summed E-state index contributed by atoms with van der Waals surface area (Å²) in [6.45, 7) is 8.79. The Morgan fingerprint density at radius 1 is 1.00 bits per heavy atom. The highest BCUT2D eigenvalue weighted by molar-refractivity contribution is 7.23. The zero-order valence-corrected chi connectivity index (χ0v) is 26.3. The molecular weight excluding hydrogens is 567 g/mol. The van der Waals surface area contributed by atoms with Gasteiger partial charge in [-0.15, -0.1) is 0 Å². The fraction of sp³-hybridized carbons (Fsp3) is 0.294. The summed E-state index contributed by atoms with van der Waals surface area (Å²) < 4.78 is 4.99. The third-order valence-corrected chi connectivity index (χ3v) is 8.76. The van der Waals surface area contributed by atoms with Crippen molar-refractivity contribution in [3.8, 4) is 5.81 Å². The lowest BCUT2D eigenvalue weighted by molar-refractivity contribution is 0.249. The number of hydrogen-bond donors (Lipinski definition) is 2. The molecular formula is C34H37N8OP. The number of anilines is 3. The van der Waals surface area contributed by atoms with Gasteiger partial charge in [0, 0.05) is 66.4 Å². The molecule has 2 aliphatic rings. The highest BCUT2D eigenvalue weighted by Gasteiger charge is 2.23. The van der Waals surface area contributed by atoms with Gasteiger partial charge in [0.1, 0.15) is 5.52 Å². The predicted octanol–water partition coefficient (Wildman–Crippen LogP) is 6.64. The van der Waals surface area contributed by atoms with Crippen molar-refractivity contribution in [1.29, 1.82) is 5.26 Å². The summed E-state index contributed by atoms with van der Waals surface area (Å²) in [6.07, 6.45) is 3.51. The van der Waals surface area contributed by atoms with Crippen molar-refractivity contribution in [3.05, 3.63) is 88.6 Å². The highest BCUT2D eigenvalue weighted by atomic mass is 31.0. The molecule has 1 saturated carbocycles. The number of fused-ring (bicyclic) bond motifs is 2. The molecule has 0 bridgehead atoms. The molecule has 2 aromatic heterocycles. The maximum atomic E-state index is 7.28. The number of nitrogens with one attached hydrogen (secondary N) is 1. The molecule has 5 aromatic rings. The van der Waals surface area contributed by atoms with Crippen LogP contribution in [0.2, 0.25) is 0 Å². The number of benzene rings is 3. The molecule has 0 spiro atoms. The van der Waals surface area contributed by atoms with Crippen LogP contribution in [-0.4, -0.2) is 46.4 Å². The fourth-order valence-corrected chi connectivity index (χ4v) is 6.02. The number of aryl methyl sites for hydroxylation is 1. The molecule has 7 rings (SSSR count). The van der Waals surface area contributed by atoms with Gasteiger partial charge in [0.15, 0.2) is 5.52 Å². The maximum Gasteiger partial charge on any atom is 0.158 e. The van der Waals surface area contributed by atoms with E-state index in [-0.39, 0.29) is 0 Å². The van der Waals surface area contributed by atoms with Crippen molar-refractivity contribution in [3.63, 3.8) is 0 Å². The molecule has 1 atom stereocenters. The SMILES string of the molecule is Cc1nc2ccc(NC(=C3CCC3)c3ccccc3CN3CCN(c4cccc5nonc45)CC3)cc2c(N)c1C.N#CP. The van der Waals surface area contributed by atoms with Gasteiger partial charge in [-0.1, -0.05) is 30.3 Å². The summed E-state index contributed by atoms with van der Waals surface area (Å²) in [7, 11) is 1.88. The van der Waals surface area contributed by atoms with E-state index in [1.54, 1.807) is 5.81 Å². The van der Waals surface area contributed by atoms with Crippen LogP contribution in [0.3, 0.4) is 0 Å². The van der Waals surface area contributed by atoms with Gasteiger partial charge in [0.2, 0.25) is 0 Å². The Morgan fingerprint density at radius 2 is 1.77 bits per heavy atom. The summed E-state index contributed by atoms with van der Waals surface area (Å²) in [6, 6.07) is 21.3. The number of pyridine rings is 1. The van der Waals surface area contributed by atoms with E-state index in [0.717, 1.165) is 95.8 Å². The number of nitrogen functional groups attached to an aromatic ring is 1. The van der Waals surface area contributed by atoms with Gasteiger partial charge in [-0.3, -0.25) is 9.88 Å². The van der Waals surface area contributed by atoms with E-state index < -0.39 is 0 Å². The van der Waals surface area contributed by atoms with Crippen LogP contribution in [-0.2, 0) is 6.54 Å². The summed E-state index contributed by atoms with van der Waals surface area (Å²) in [5, 5.41) is 20.3. The van der Waals surface area contributed by atoms with Crippen LogP contribution in [0.5, 0.6) is 0 Å². The molecule has 0 amide bonds. The van der Waals surface area contributed by atoms with Crippen molar-refractivity contribution in [2.45, 2.75) is 39.7 Å². The summed E-state index contributed by atoms with van der Waals surface area (Å²) in [4.78, 5) is 9.69. The van der Waals surface area contributed by atoms with E-state index in [4.69, 9.17) is 20.6 Å². The van der Waals surface area contributed by atoms with Crippen LogP contribution >= 0.6 is 9.24 Å². The molecule has 3 aromatic carbocycles. The number of nitriles is 1. The quantitative estimate of drug-likeness (QED) is 0.206. The number of allylic oxidation sites excluding steroid dienone is 1. The monoisotopic (exact) mass is 604 g/mol. The average molecular weight is 605 g/mol. The van der Waals surface area contributed by atoms with E-state index in [9.17, 15) is 0 Å². The van der Waals surface area contributed by atoms with E-state index in [1.165, 1.54) is 28.8 Å². The van der Waals surface area contributed by atoms with Gasteiger partial charge in [0.25, 0.3) is 0 Å². The van der Waals surface area contributed by atoms with Crippen LogP contribution in [0.15, 0.2) is 70.9 Å². The zero-order chi connectivity index (χ0) is 30.6. The molecule has 224 valence electrons. The Morgan fingerprint density at radius 3 is 2.52 bits per heavy atom. The fourth-order valence-electron chi connectivity index (χ4n) is 6.02. The second-order valence-corrected chi connectivity index (χ2v) is 11.6. The van der Waals surface area contributed by atoms with Crippen molar-refractivity contribution in [1.82, 2.24) is 20.2 Å². The van der Waals surface area contributed by atoms with E-state index in [1.807, 2.05) is 35.2 Å². The second-order valence-electron chi connectivity index (χ2n) is 11.4. The van der Waals surface area contributed by atoms with Crippen molar-refractivity contribution >= 4 is 53.9 Å². The zero-order valence-electron chi connectivity index (χ0n) is 25.2. The Hall–Kier alpha value is -4.51. The number of aromatic nitrogens is 3. The molecule has 3 heterocycles. The number of nitrogens with two attached hydrogens (primary N) is 1. The van der Waals surface area contributed by atoms with Crippen molar-refractivity contribution in [2.24, 2.45) is 0 Å². The first-order valence-corrected chi connectivity index (χ1v) is 15.6. The Kier molecular flexibility index (Phi) is 8.74. The lowest BCUT2D eigenvalue weighted by Crippen LogP contribution is -2.46. The molecule has 9 nitrogen and oxygen atoms in total. The topological polar surface area (TPSA) is 120 Å². The van der Waals surface area contributed by atoms with Gasteiger partial charge in [-0.2, -0.15) is 5.26 Å². The van der Waals surface area contributed by atoms with Crippen LogP contribution in [0, 0.1) is 24.9 Å². The first-order valence-electron chi connectivity index (χ1n) is 15.0. The van der Waals surface area contributed by atoms with Crippen LogP contribution < -0.4 is 16.0 Å². The first-order chi connectivity index (χ1) is 21.5. The normalized spacial score (nSPS) is 15.0. The van der Waals surface area contributed by atoms with E-state index in [2.05, 4.69) is 74.0 Å². The molecule has 2 fully saturated rings. The Labute approximate surface area is 259 Å². The van der Waals surface area contributed by atoms with Crippen molar-refractivity contribution < 1.29 is 4.63 Å². The molecule has 3 N–H and O–H groups in total. The molecule has 0 radical (unpaired) electrons. The molecule has 1 unspecified atom stereocenters. The molecule has 44 heavy (non-hydrogen) atoms. The second kappa shape index (κ2) is 13.0. The molecule has 1 aliphatic heterocycles. The largest absolute Gasteiger partial charge is 0.398 e. The number of rotatable bonds is 6. The molecule has 10 heteroatoms. The predicted molar refractivity (Wildman–Crippen MR) is 181 cm³/mol. The highest BCUT2D eigenvalue weighted by Crippen LogP contribution is 2.37. The van der Waals surface area contributed by atoms with E-state index >= 15 is 0 Å². The van der Waals surface area contributed by atoms with Crippen LogP contribution in [0.1, 0.15) is 41.6 Å². The van der Waals surface area contributed by atoms with Gasteiger partial charge in [-0.25, -0.2) is 4.63 Å². The maximum absolute atomic E-state index is 7.28. The Balaban J connectivity index is 0.00000110. The standard InChI is InChI=1S/C33H35N7O.CH2NP/c1-21-22(2)35-28-14-13-25(19-27(28)31(21)34)36-32(23-8-5-9-23)26-10-4-3-7-24(26)20-39-15-17-40(18-16-39)30-12-6-11-29-33(30)38-41-37-29;2-1-3/h3-4,6-7,10-14,19,36H,5,8-9,15-18,20H2,1-2H3,(H2,34,35);3H2. The van der Waals surface area contributed by atoms with Crippen molar-refractivity contribution in [2.75, 3.05) is 42.1 Å². The minimum Gasteiger partial charge on any atom is -0.398 e. The van der Waals surface area contributed by atoms with Gasteiger partial charge < -0.3 is 16.0 Å². The molecule has 1 aliphatic carbocycles. The number of piperazine rings is 1. The summed E-state index contributed by atoms with van der Waals surface area (Å²) in [5.74, 6) is 1.67. The van der Waals surface area contributed by atoms with Gasteiger partial charge in [0.05, 0.1) is 17.0 Å².